The third kappa shape index (κ3) is 6.95. The molecule has 4 N–H and O–H groups in total. The monoisotopic (exact) mass is 485 g/mol. The number of sulfonamides is 1. The van der Waals surface area contributed by atoms with E-state index in [0.717, 1.165) is 17.7 Å². The summed E-state index contributed by atoms with van der Waals surface area (Å²) in [6.07, 6.45) is 0.206. The van der Waals surface area contributed by atoms with Crippen molar-refractivity contribution >= 4 is 27.5 Å². The number of halogens is 1. The van der Waals surface area contributed by atoms with Crippen LogP contribution < -0.4 is 15.4 Å². The van der Waals surface area contributed by atoms with Crippen LogP contribution in [0.25, 0.3) is 0 Å². The van der Waals surface area contributed by atoms with Crippen LogP contribution >= 0.6 is 0 Å². The molecule has 0 radical (unpaired) electrons. The van der Waals surface area contributed by atoms with E-state index >= 15 is 0 Å². The molecule has 1 atom stereocenters. The number of carbonyl (C=O) groups is 2. The largest absolute Gasteiger partial charge is 0.395 e. The van der Waals surface area contributed by atoms with Crippen molar-refractivity contribution in [1.82, 2.24) is 10.0 Å². The zero-order valence-electron chi connectivity index (χ0n) is 18.1. The average molecular weight is 486 g/mol. The third-order valence-corrected chi connectivity index (χ3v) is 6.32. The maximum Gasteiger partial charge on any atom is 0.251 e. The van der Waals surface area contributed by atoms with E-state index in [4.69, 9.17) is 5.11 Å². The molecule has 2 amide bonds. The molecule has 3 aromatic carbocycles. The second-order valence-corrected chi connectivity index (χ2v) is 9.12. The molecule has 0 unspecified atom stereocenters. The van der Waals surface area contributed by atoms with Gasteiger partial charge in [-0.2, -0.15) is 0 Å². The van der Waals surface area contributed by atoms with Gasteiger partial charge in [-0.3, -0.25) is 9.59 Å². The van der Waals surface area contributed by atoms with Gasteiger partial charge in [0.2, 0.25) is 15.9 Å². The van der Waals surface area contributed by atoms with Gasteiger partial charge in [-0.05, 0) is 54.1 Å². The minimum atomic E-state index is -3.78. The van der Waals surface area contributed by atoms with Crippen LogP contribution in [-0.4, -0.2) is 44.5 Å². The molecule has 0 fully saturated rings. The van der Waals surface area contributed by atoms with Crippen LogP contribution in [-0.2, 0) is 21.2 Å². The highest BCUT2D eigenvalue weighted by atomic mass is 32.2. The molecular weight excluding hydrogens is 461 g/mol. The van der Waals surface area contributed by atoms with Crippen LogP contribution in [0.3, 0.4) is 0 Å². The van der Waals surface area contributed by atoms with E-state index in [1.165, 1.54) is 36.4 Å². The van der Waals surface area contributed by atoms with Gasteiger partial charge in [-0.1, -0.05) is 30.3 Å². The standard InChI is InChI=1S/C24H24FN3O5S/c25-19-8-6-18(7-9-19)23(30)28-22(16-17-4-2-1-3-5-17)24(31)27-20-10-12-21(13-11-20)34(32,33)26-14-15-29/h1-13,22,26,29H,14-16H2,(H,27,31)(H,28,30)/t22-/m0/s1. The number of hydrogen-bond acceptors (Lipinski definition) is 5. The SMILES string of the molecule is O=C(N[C@@H](Cc1ccccc1)C(=O)Nc1ccc(S(=O)(=O)NCCO)cc1)c1ccc(F)cc1. The number of hydrogen-bond donors (Lipinski definition) is 4. The lowest BCUT2D eigenvalue weighted by atomic mass is 10.0. The predicted octanol–water partition coefficient (Wildman–Crippen LogP) is 2.08. The minimum absolute atomic E-state index is 0.0237. The number of aliphatic hydroxyl groups excluding tert-OH is 1. The normalized spacial score (nSPS) is 12.1. The molecule has 0 aliphatic heterocycles. The first-order valence-electron chi connectivity index (χ1n) is 10.4. The molecule has 0 spiro atoms. The molecule has 0 aromatic heterocycles. The maximum absolute atomic E-state index is 13.2. The first-order chi connectivity index (χ1) is 16.3. The van der Waals surface area contributed by atoms with Crippen molar-refractivity contribution in [2.75, 3.05) is 18.5 Å². The zero-order valence-corrected chi connectivity index (χ0v) is 18.9. The van der Waals surface area contributed by atoms with Crippen molar-refractivity contribution in [2.24, 2.45) is 0 Å². The van der Waals surface area contributed by atoms with Gasteiger partial charge in [0.05, 0.1) is 11.5 Å². The lowest BCUT2D eigenvalue weighted by Gasteiger charge is -2.19. The van der Waals surface area contributed by atoms with Crippen LogP contribution in [0.1, 0.15) is 15.9 Å². The van der Waals surface area contributed by atoms with Crippen molar-refractivity contribution in [1.29, 1.82) is 0 Å². The van der Waals surface area contributed by atoms with Crippen LogP contribution in [0.15, 0.2) is 83.8 Å². The number of amides is 2. The molecule has 0 saturated carbocycles. The van der Waals surface area contributed by atoms with Crippen molar-refractivity contribution in [2.45, 2.75) is 17.4 Å². The van der Waals surface area contributed by atoms with Crippen LogP contribution in [0.5, 0.6) is 0 Å². The second kappa shape index (κ2) is 11.5. The molecule has 0 bridgehead atoms. The van der Waals surface area contributed by atoms with E-state index in [1.54, 1.807) is 0 Å². The number of aliphatic hydroxyl groups is 1. The van der Waals surface area contributed by atoms with Gasteiger partial charge >= 0.3 is 0 Å². The van der Waals surface area contributed by atoms with Gasteiger partial charge in [0.1, 0.15) is 11.9 Å². The molecule has 0 saturated heterocycles. The van der Waals surface area contributed by atoms with Gasteiger partial charge in [-0.15, -0.1) is 0 Å². The Morgan fingerprint density at radius 3 is 2.18 bits per heavy atom. The third-order valence-electron chi connectivity index (χ3n) is 4.85. The number of anilines is 1. The summed E-state index contributed by atoms with van der Waals surface area (Å²) < 4.78 is 39.7. The molecular formula is C24H24FN3O5S. The smallest absolute Gasteiger partial charge is 0.251 e. The Bertz CT molecular complexity index is 1220. The van der Waals surface area contributed by atoms with Crippen LogP contribution in [0.4, 0.5) is 10.1 Å². The molecule has 0 aliphatic rings. The Balaban J connectivity index is 1.75. The average Bonchev–Trinajstić information content (AvgIpc) is 2.83. The van der Waals surface area contributed by atoms with Gasteiger partial charge in [0.25, 0.3) is 5.91 Å². The van der Waals surface area contributed by atoms with Crippen molar-refractivity contribution < 1.29 is 27.5 Å². The van der Waals surface area contributed by atoms with Gasteiger partial charge in [0.15, 0.2) is 0 Å². The summed E-state index contributed by atoms with van der Waals surface area (Å²) in [7, 11) is -3.78. The van der Waals surface area contributed by atoms with E-state index in [2.05, 4.69) is 15.4 Å². The van der Waals surface area contributed by atoms with Crippen molar-refractivity contribution in [3.8, 4) is 0 Å². The fourth-order valence-electron chi connectivity index (χ4n) is 3.11. The fourth-order valence-corrected chi connectivity index (χ4v) is 4.13. The van der Waals surface area contributed by atoms with E-state index in [-0.39, 0.29) is 30.0 Å². The van der Waals surface area contributed by atoms with Crippen molar-refractivity contribution in [3.05, 3.63) is 95.8 Å². The lowest BCUT2D eigenvalue weighted by Crippen LogP contribution is -2.45. The first kappa shape index (κ1) is 25.0. The summed E-state index contributed by atoms with van der Waals surface area (Å²) in [4.78, 5) is 25.6. The summed E-state index contributed by atoms with van der Waals surface area (Å²) in [6.45, 7) is -0.449. The highest BCUT2D eigenvalue weighted by Gasteiger charge is 2.22. The molecule has 10 heteroatoms. The Morgan fingerprint density at radius 2 is 1.56 bits per heavy atom. The Morgan fingerprint density at radius 1 is 0.912 bits per heavy atom. The number of rotatable bonds is 10. The lowest BCUT2D eigenvalue weighted by molar-refractivity contribution is -0.118. The van der Waals surface area contributed by atoms with Crippen molar-refractivity contribution in [3.63, 3.8) is 0 Å². The summed E-state index contributed by atoms with van der Waals surface area (Å²) in [5.74, 6) is -1.52. The zero-order chi connectivity index (χ0) is 24.6. The summed E-state index contributed by atoms with van der Waals surface area (Å²) in [5.41, 5.74) is 1.36. The van der Waals surface area contributed by atoms with E-state index < -0.39 is 33.7 Å². The van der Waals surface area contributed by atoms with E-state index in [0.29, 0.717) is 5.69 Å². The summed E-state index contributed by atoms with van der Waals surface area (Å²) in [5, 5.41) is 14.2. The predicted molar refractivity (Wildman–Crippen MR) is 125 cm³/mol. The molecule has 8 nitrogen and oxygen atoms in total. The summed E-state index contributed by atoms with van der Waals surface area (Å²) in [6, 6.07) is 18.6. The fraction of sp³-hybridized carbons (Fsp3) is 0.167. The molecule has 34 heavy (non-hydrogen) atoms. The van der Waals surface area contributed by atoms with Gasteiger partial charge < -0.3 is 15.7 Å². The molecule has 3 aromatic rings. The molecule has 3 rings (SSSR count). The number of nitrogens with one attached hydrogen (secondary N) is 3. The number of carbonyl (C=O) groups excluding carboxylic acids is 2. The van der Waals surface area contributed by atoms with E-state index in [9.17, 15) is 22.4 Å². The van der Waals surface area contributed by atoms with Crippen LogP contribution in [0.2, 0.25) is 0 Å². The topological polar surface area (TPSA) is 125 Å². The highest BCUT2D eigenvalue weighted by Crippen LogP contribution is 2.15. The Kier molecular flexibility index (Phi) is 8.47. The Hall–Kier alpha value is -3.60. The Labute approximate surface area is 196 Å². The number of benzene rings is 3. The first-order valence-corrected chi connectivity index (χ1v) is 11.9. The van der Waals surface area contributed by atoms with Crippen LogP contribution in [0, 0.1) is 5.82 Å². The quantitative estimate of drug-likeness (QED) is 0.350. The maximum atomic E-state index is 13.2. The molecule has 0 heterocycles. The second-order valence-electron chi connectivity index (χ2n) is 7.36. The van der Waals surface area contributed by atoms with Gasteiger partial charge in [0, 0.05) is 24.2 Å². The summed E-state index contributed by atoms with van der Waals surface area (Å²) >= 11 is 0. The molecule has 0 aliphatic carbocycles. The molecule has 178 valence electrons. The highest BCUT2D eigenvalue weighted by molar-refractivity contribution is 7.89. The van der Waals surface area contributed by atoms with Gasteiger partial charge in [-0.25, -0.2) is 17.5 Å². The minimum Gasteiger partial charge on any atom is -0.395 e. The van der Waals surface area contributed by atoms with E-state index in [1.807, 2.05) is 30.3 Å².